The molecule has 0 spiro atoms. The standard InChI is InChI=1S/C16H31FO2S/c1-5-7-8-11-15(16(18)19-13(3)4)20-12-9-10-14(17)6-2/h13-15H,5-12H2,1-4H3. The van der Waals surface area contributed by atoms with Gasteiger partial charge in [0.15, 0.2) is 0 Å². The second kappa shape index (κ2) is 12.5. The van der Waals surface area contributed by atoms with Crippen molar-refractivity contribution < 1.29 is 13.9 Å². The van der Waals surface area contributed by atoms with Crippen LogP contribution in [0, 0.1) is 0 Å². The minimum absolute atomic E-state index is 0.0629. The number of carbonyl (C=O) groups is 1. The molecule has 0 heterocycles. The molecular weight excluding hydrogens is 275 g/mol. The van der Waals surface area contributed by atoms with E-state index in [0.29, 0.717) is 12.8 Å². The second-order valence-corrected chi connectivity index (χ2v) is 6.80. The van der Waals surface area contributed by atoms with Crippen LogP contribution in [0.2, 0.25) is 0 Å². The fraction of sp³-hybridized carbons (Fsp3) is 0.938. The Labute approximate surface area is 128 Å². The molecule has 2 nitrogen and oxygen atoms in total. The fourth-order valence-electron chi connectivity index (χ4n) is 1.89. The Morgan fingerprint density at radius 3 is 2.40 bits per heavy atom. The van der Waals surface area contributed by atoms with Crippen LogP contribution >= 0.6 is 11.8 Å². The normalized spacial score (nSPS) is 14.3. The molecule has 0 aromatic rings. The Morgan fingerprint density at radius 1 is 1.15 bits per heavy atom. The van der Waals surface area contributed by atoms with Gasteiger partial charge in [-0.15, -0.1) is 11.8 Å². The van der Waals surface area contributed by atoms with Crippen LogP contribution in [0.4, 0.5) is 4.39 Å². The predicted octanol–water partition coefficient (Wildman–Crippen LogP) is 5.15. The van der Waals surface area contributed by atoms with Crippen molar-refractivity contribution in [2.24, 2.45) is 0 Å². The quantitative estimate of drug-likeness (QED) is 0.368. The summed E-state index contributed by atoms with van der Waals surface area (Å²) in [5.74, 6) is 0.734. The molecular formula is C16H31FO2S. The zero-order valence-corrected chi connectivity index (χ0v) is 14.3. The van der Waals surface area contributed by atoms with Crippen molar-refractivity contribution in [3.63, 3.8) is 0 Å². The van der Waals surface area contributed by atoms with Crippen LogP contribution in [0.25, 0.3) is 0 Å². The number of alkyl halides is 1. The number of halogens is 1. The first kappa shape index (κ1) is 19.8. The van der Waals surface area contributed by atoms with Gasteiger partial charge < -0.3 is 4.74 Å². The highest BCUT2D eigenvalue weighted by Gasteiger charge is 2.21. The van der Waals surface area contributed by atoms with Gasteiger partial charge in [0.1, 0.15) is 5.25 Å². The first-order chi connectivity index (χ1) is 9.51. The molecule has 0 bridgehead atoms. The molecule has 120 valence electrons. The van der Waals surface area contributed by atoms with Crippen LogP contribution < -0.4 is 0 Å². The molecule has 0 aromatic carbocycles. The van der Waals surface area contributed by atoms with Gasteiger partial charge in [-0.1, -0.05) is 33.1 Å². The number of hydrogen-bond acceptors (Lipinski definition) is 3. The first-order valence-corrected chi connectivity index (χ1v) is 9.02. The lowest BCUT2D eigenvalue weighted by Crippen LogP contribution is -2.24. The molecule has 0 saturated heterocycles. The van der Waals surface area contributed by atoms with E-state index in [9.17, 15) is 9.18 Å². The van der Waals surface area contributed by atoms with Crippen LogP contribution in [0.5, 0.6) is 0 Å². The Kier molecular flexibility index (Phi) is 12.3. The smallest absolute Gasteiger partial charge is 0.319 e. The number of ether oxygens (including phenoxy) is 1. The van der Waals surface area contributed by atoms with E-state index in [1.54, 1.807) is 11.8 Å². The maximum atomic E-state index is 13.1. The van der Waals surface area contributed by atoms with Gasteiger partial charge in [-0.05, 0) is 45.3 Å². The molecule has 2 unspecified atom stereocenters. The van der Waals surface area contributed by atoms with Gasteiger partial charge in [-0.2, -0.15) is 0 Å². The maximum absolute atomic E-state index is 13.1. The lowest BCUT2D eigenvalue weighted by atomic mass is 10.1. The molecule has 0 N–H and O–H groups in total. The third kappa shape index (κ3) is 10.5. The maximum Gasteiger partial charge on any atom is 0.319 e. The molecule has 0 aromatic heterocycles. The highest BCUT2D eigenvalue weighted by Crippen LogP contribution is 2.22. The largest absolute Gasteiger partial charge is 0.462 e. The van der Waals surface area contributed by atoms with E-state index in [1.165, 1.54) is 0 Å². The lowest BCUT2D eigenvalue weighted by Gasteiger charge is -2.17. The number of thioether (sulfide) groups is 1. The van der Waals surface area contributed by atoms with E-state index in [4.69, 9.17) is 4.74 Å². The topological polar surface area (TPSA) is 26.3 Å². The molecule has 0 aliphatic rings. The third-order valence-electron chi connectivity index (χ3n) is 3.11. The van der Waals surface area contributed by atoms with Gasteiger partial charge in [-0.3, -0.25) is 4.79 Å². The highest BCUT2D eigenvalue weighted by molar-refractivity contribution is 8.00. The monoisotopic (exact) mass is 306 g/mol. The molecule has 0 amide bonds. The van der Waals surface area contributed by atoms with Crippen molar-refractivity contribution in [3.8, 4) is 0 Å². The van der Waals surface area contributed by atoms with E-state index < -0.39 is 6.17 Å². The number of hydrogen-bond donors (Lipinski definition) is 0. The van der Waals surface area contributed by atoms with Crippen LogP contribution in [0.1, 0.15) is 72.6 Å². The minimum atomic E-state index is -0.697. The van der Waals surface area contributed by atoms with E-state index >= 15 is 0 Å². The molecule has 0 aliphatic heterocycles. The fourth-order valence-corrected chi connectivity index (χ4v) is 3.03. The number of unbranched alkanes of at least 4 members (excludes halogenated alkanes) is 2. The molecule has 4 heteroatoms. The van der Waals surface area contributed by atoms with Crippen molar-refractivity contribution in [3.05, 3.63) is 0 Å². The number of rotatable bonds is 12. The van der Waals surface area contributed by atoms with Crippen molar-refractivity contribution in [1.29, 1.82) is 0 Å². The average Bonchev–Trinajstić information content (AvgIpc) is 2.40. The molecule has 2 atom stereocenters. The zero-order chi connectivity index (χ0) is 15.4. The first-order valence-electron chi connectivity index (χ1n) is 7.97. The van der Waals surface area contributed by atoms with E-state index in [1.807, 2.05) is 20.8 Å². The van der Waals surface area contributed by atoms with E-state index in [-0.39, 0.29) is 17.3 Å². The Hall–Kier alpha value is -0.250. The van der Waals surface area contributed by atoms with Crippen molar-refractivity contribution >= 4 is 17.7 Å². The van der Waals surface area contributed by atoms with Crippen LogP contribution in [0.3, 0.4) is 0 Å². The lowest BCUT2D eigenvalue weighted by molar-refractivity contribution is -0.146. The van der Waals surface area contributed by atoms with Gasteiger partial charge in [0, 0.05) is 0 Å². The second-order valence-electron chi connectivity index (χ2n) is 5.49. The molecule has 0 fully saturated rings. The average molecular weight is 306 g/mol. The zero-order valence-electron chi connectivity index (χ0n) is 13.5. The van der Waals surface area contributed by atoms with Crippen molar-refractivity contribution in [2.75, 3.05) is 5.75 Å². The van der Waals surface area contributed by atoms with Gasteiger partial charge >= 0.3 is 5.97 Å². The summed E-state index contributed by atoms with van der Waals surface area (Å²) in [5.41, 5.74) is 0. The van der Waals surface area contributed by atoms with Crippen molar-refractivity contribution in [2.45, 2.75) is 90.2 Å². The summed E-state index contributed by atoms with van der Waals surface area (Å²) in [6.07, 6.45) is 5.48. The summed E-state index contributed by atoms with van der Waals surface area (Å²) in [6, 6.07) is 0. The van der Waals surface area contributed by atoms with Crippen LogP contribution in [0.15, 0.2) is 0 Å². The Morgan fingerprint density at radius 2 is 1.85 bits per heavy atom. The summed E-state index contributed by atoms with van der Waals surface area (Å²) in [5, 5.41) is -0.0800. The summed E-state index contributed by atoms with van der Waals surface area (Å²) in [7, 11) is 0. The predicted molar refractivity (Wildman–Crippen MR) is 86.0 cm³/mol. The van der Waals surface area contributed by atoms with Gasteiger partial charge in [0.2, 0.25) is 0 Å². The summed E-state index contributed by atoms with van der Waals surface area (Å²) in [4.78, 5) is 12.0. The van der Waals surface area contributed by atoms with Gasteiger partial charge in [-0.25, -0.2) is 4.39 Å². The molecule has 20 heavy (non-hydrogen) atoms. The SMILES string of the molecule is CCCCCC(SCCCC(F)CC)C(=O)OC(C)C. The van der Waals surface area contributed by atoms with Crippen LogP contribution in [-0.4, -0.2) is 29.2 Å². The Bertz CT molecular complexity index is 247. The van der Waals surface area contributed by atoms with Gasteiger partial charge in [0.05, 0.1) is 12.3 Å². The summed E-state index contributed by atoms with van der Waals surface area (Å²) < 4.78 is 18.4. The van der Waals surface area contributed by atoms with Crippen LogP contribution in [-0.2, 0) is 9.53 Å². The molecule has 0 saturated carbocycles. The molecule has 0 aliphatic carbocycles. The van der Waals surface area contributed by atoms with Gasteiger partial charge in [0.25, 0.3) is 0 Å². The summed E-state index contributed by atoms with van der Waals surface area (Å²) >= 11 is 1.63. The Balaban J connectivity index is 4.06. The summed E-state index contributed by atoms with van der Waals surface area (Å²) in [6.45, 7) is 7.77. The molecule has 0 radical (unpaired) electrons. The third-order valence-corrected chi connectivity index (χ3v) is 4.46. The highest BCUT2D eigenvalue weighted by atomic mass is 32.2. The van der Waals surface area contributed by atoms with Crippen molar-refractivity contribution in [1.82, 2.24) is 0 Å². The number of esters is 1. The minimum Gasteiger partial charge on any atom is -0.462 e. The number of carbonyl (C=O) groups excluding carboxylic acids is 1. The molecule has 0 rings (SSSR count). The van der Waals surface area contributed by atoms with E-state index in [2.05, 4.69) is 6.92 Å². The van der Waals surface area contributed by atoms with E-state index in [0.717, 1.165) is 37.9 Å².